The minimum atomic E-state index is 0.145. The Morgan fingerprint density at radius 3 is 1.36 bits per heavy atom. The second-order valence-electron chi connectivity index (χ2n) is 12.5. The number of hydrogen-bond donors (Lipinski definition) is 2. The van der Waals surface area contributed by atoms with Crippen molar-refractivity contribution in [1.29, 1.82) is 0 Å². The third-order valence-electron chi connectivity index (χ3n) is 5.32. The van der Waals surface area contributed by atoms with Gasteiger partial charge in [-0.05, 0) is 92.5 Å². The summed E-state index contributed by atoms with van der Waals surface area (Å²) in [6, 6.07) is 13.5. The van der Waals surface area contributed by atoms with Crippen molar-refractivity contribution in [2.45, 2.75) is 92.9 Å². The summed E-state index contributed by atoms with van der Waals surface area (Å²) in [7, 11) is 4.67. The Labute approximate surface area is 222 Å². The summed E-state index contributed by atoms with van der Waals surface area (Å²) >= 11 is 2.18. The van der Waals surface area contributed by atoms with E-state index >= 15 is 0 Å². The average molecular weight is 605 g/mol. The Morgan fingerprint density at radius 2 is 1.00 bits per heavy atom. The third-order valence-corrected chi connectivity index (χ3v) is 6.19. The van der Waals surface area contributed by atoms with Crippen LogP contribution in [0.2, 0.25) is 0 Å². The van der Waals surface area contributed by atoms with Gasteiger partial charge in [-0.2, -0.15) is 0 Å². The molecule has 5 heteroatoms. The lowest BCUT2D eigenvalue weighted by Gasteiger charge is -2.33. The van der Waals surface area contributed by atoms with Crippen molar-refractivity contribution in [3.8, 4) is 11.5 Å². The van der Waals surface area contributed by atoms with Gasteiger partial charge in [-0.15, -0.1) is 17.9 Å². The van der Waals surface area contributed by atoms with Crippen LogP contribution >= 0.6 is 40.4 Å². The maximum absolute atomic E-state index is 9.53. The first-order valence-corrected chi connectivity index (χ1v) is 15.2. The van der Waals surface area contributed by atoms with E-state index in [1.54, 1.807) is 18.2 Å². The summed E-state index contributed by atoms with van der Waals surface area (Å²) in [6.45, 7) is 22.6. The van der Waals surface area contributed by atoms with Crippen LogP contribution in [0.3, 0.4) is 0 Å². The fraction of sp³-hybridized carbons (Fsp3) is 0.571. The van der Waals surface area contributed by atoms with Crippen molar-refractivity contribution in [2.24, 2.45) is 10.8 Å². The van der Waals surface area contributed by atoms with Gasteiger partial charge in [0.2, 0.25) is 0 Å². The molecule has 2 aromatic carbocycles. The number of phenolic OH excluding ortho intramolecular Hbond substituents is 2. The van der Waals surface area contributed by atoms with Crippen LogP contribution in [-0.4, -0.2) is 10.2 Å². The Morgan fingerprint density at radius 1 is 0.636 bits per heavy atom. The van der Waals surface area contributed by atoms with Gasteiger partial charge in [-0.3, -0.25) is 0 Å². The molecule has 0 saturated heterocycles. The minimum absolute atomic E-state index is 0.145. The first-order valence-electron chi connectivity index (χ1n) is 11.4. The van der Waals surface area contributed by atoms with Crippen LogP contribution in [0.1, 0.15) is 93.2 Å². The highest BCUT2D eigenvalue weighted by molar-refractivity contribution is 14.1. The third kappa shape index (κ3) is 12.8. The van der Waals surface area contributed by atoms with Gasteiger partial charge in [0.25, 0.3) is 0 Å². The Hall–Kier alpha value is -0.370. The Balaban J connectivity index is 0.000000578. The molecular weight excluding hydrogens is 557 g/mol. The summed E-state index contributed by atoms with van der Waals surface area (Å²) in [6.07, 6.45) is 2.26. The molecule has 2 atom stereocenters. The molecule has 0 heterocycles. The monoisotopic (exact) mass is 604 g/mol. The van der Waals surface area contributed by atoms with Crippen molar-refractivity contribution in [3.05, 3.63) is 57.2 Å². The largest absolute Gasteiger partial charge is 0.508 e. The van der Waals surface area contributed by atoms with E-state index in [2.05, 4.69) is 116 Å². The van der Waals surface area contributed by atoms with Crippen LogP contribution in [0.5, 0.6) is 11.5 Å². The van der Waals surface area contributed by atoms with E-state index in [0.717, 1.165) is 16.4 Å². The van der Waals surface area contributed by atoms with Gasteiger partial charge in [0.05, 0.1) is 3.57 Å². The maximum Gasteiger partial charge on any atom is 0.128 e. The molecule has 188 valence electrons. The van der Waals surface area contributed by atoms with E-state index in [1.165, 1.54) is 11.1 Å². The molecular formula is C28H47IO2P2. The van der Waals surface area contributed by atoms with Gasteiger partial charge in [0.15, 0.2) is 0 Å². The summed E-state index contributed by atoms with van der Waals surface area (Å²) in [4.78, 5) is 0. The molecule has 0 aliphatic heterocycles. The number of benzene rings is 2. The summed E-state index contributed by atoms with van der Waals surface area (Å²) in [5, 5.41) is 18.8. The highest BCUT2D eigenvalue weighted by Gasteiger charge is 2.28. The first kappa shape index (κ1) is 32.6. The SMILES string of the molecule is CC(C)(C)CC(C)(C)c1ccc(O)c(I)c1.CC(C)(C)CC(C)(C)c1ccc(O)cc1.PP. The molecule has 2 nitrogen and oxygen atoms in total. The number of hydrogen-bond acceptors (Lipinski definition) is 2. The summed E-state index contributed by atoms with van der Waals surface area (Å²) in [5.74, 6) is 0.709. The molecule has 0 aromatic heterocycles. The van der Waals surface area contributed by atoms with Gasteiger partial charge < -0.3 is 10.2 Å². The molecule has 0 bridgehead atoms. The van der Waals surface area contributed by atoms with E-state index in [9.17, 15) is 10.2 Å². The highest BCUT2D eigenvalue weighted by Crippen LogP contribution is 2.38. The quantitative estimate of drug-likeness (QED) is 0.270. The fourth-order valence-corrected chi connectivity index (χ4v) is 5.21. The lowest BCUT2D eigenvalue weighted by Crippen LogP contribution is -2.24. The molecule has 0 fully saturated rings. The van der Waals surface area contributed by atoms with Gasteiger partial charge in [0.1, 0.15) is 11.5 Å². The number of aromatic hydroxyl groups is 2. The van der Waals surface area contributed by atoms with Crippen molar-refractivity contribution in [2.75, 3.05) is 0 Å². The number of rotatable bonds is 4. The maximum atomic E-state index is 9.53. The van der Waals surface area contributed by atoms with E-state index in [0.29, 0.717) is 22.3 Å². The van der Waals surface area contributed by atoms with Crippen LogP contribution in [0.4, 0.5) is 0 Å². The van der Waals surface area contributed by atoms with E-state index < -0.39 is 0 Å². The first-order chi connectivity index (χ1) is 14.8. The van der Waals surface area contributed by atoms with Gasteiger partial charge in [-0.25, -0.2) is 0 Å². The fourth-order valence-electron chi connectivity index (χ4n) is 4.70. The highest BCUT2D eigenvalue weighted by atomic mass is 127. The normalized spacial score (nSPS) is 12.3. The summed E-state index contributed by atoms with van der Waals surface area (Å²) < 4.78 is 0.928. The lowest BCUT2D eigenvalue weighted by atomic mass is 9.72. The van der Waals surface area contributed by atoms with Crippen LogP contribution in [0.15, 0.2) is 42.5 Å². The molecule has 33 heavy (non-hydrogen) atoms. The number of halogens is 1. The average Bonchev–Trinajstić information content (AvgIpc) is 2.62. The molecule has 0 amide bonds. The van der Waals surface area contributed by atoms with Crippen LogP contribution in [-0.2, 0) is 10.8 Å². The van der Waals surface area contributed by atoms with Crippen molar-refractivity contribution in [1.82, 2.24) is 0 Å². The van der Waals surface area contributed by atoms with Gasteiger partial charge in [-0.1, -0.05) is 87.4 Å². The van der Waals surface area contributed by atoms with Crippen LogP contribution in [0, 0.1) is 14.4 Å². The zero-order valence-corrected chi connectivity index (χ0v) is 26.8. The second-order valence-corrected chi connectivity index (χ2v) is 13.6. The molecule has 0 spiro atoms. The lowest BCUT2D eigenvalue weighted by molar-refractivity contribution is 0.283. The standard InChI is InChI=1S/C14H21IO.C14H22O.H4P2/c1-13(2,3)9-14(4,5)10-6-7-12(16)11(15)8-10;1-13(2,3)10-14(4,5)11-6-8-12(15)9-7-11;1-2/h6-8,16H,9H2,1-5H3;6-9,15H,10H2,1-5H3;1-2H2. The van der Waals surface area contributed by atoms with Gasteiger partial charge in [0, 0.05) is 0 Å². The van der Waals surface area contributed by atoms with Crippen molar-refractivity contribution in [3.63, 3.8) is 0 Å². The molecule has 2 rings (SSSR count). The zero-order valence-electron chi connectivity index (χ0n) is 22.4. The summed E-state index contributed by atoms with van der Waals surface area (Å²) in [5.41, 5.74) is 3.52. The van der Waals surface area contributed by atoms with Crippen molar-refractivity contribution < 1.29 is 10.2 Å². The predicted molar refractivity (Wildman–Crippen MR) is 163 cm³/mol. The van der Waals surface area contributed by atoms with Crippen molar-refractivity contribution >= 4 is 40.4 Å². The molecule has 0 aliphatic rings. The van der Waals surface area contributed by atoms with Gasteiger partial charge >= 0.3 is 0 Å². The molecule has 0 saturated carbocycles. The molecule has 0 radical (unpaired) electrons. The molecule has 2 unspecified atom stereocenters. The van der Waals surface area contributed by atoms with Crippen LogP contribution < -0.4 is 0 Å². The van der Waals surface area contributed by atoms with E-state index in [4.69, 9.17) is 0 Å². The molecule has 2 aromatic rings. The van der Waals surface area contributed by atoms with Crippen LogP contribution in [0.25, 0.3) is 0 Å². The van der Waals surface area contributed by atoms with E-state index in [-0.39, 0.29) is 10.8 Å². The predicted octanol–water partition coefficient (Wildman–Crippen LogP) is 9.47. The Kier molecular flexibility index (Phi) is 12.9. The molecule has 0 aliphatic carbocycles. The topological polar surface area (TPSA) is 40.5 Å². The minimum Gasteiger partial charge on any atom is -0.508 e. The van der Waals surface area contributed by atoms with E-state index in [1.807, 2.05) is 18.2 Å². The zero-order chi connectivity index (χ0) is 26.3. The Bertz CT molecular complexity index is 846. The molecule has 2 N–H and O–H groups in total. The number of phenols is 2. The second kappa shape index (κ2) is 13.1. The smallest absolute Gasteiger partial charge is 0.128 e.